The average molecular weight is 235 g/mol. The molecule has 1 atom stereocenters. The number of hydrogen-bond donors (Lipinski definition) is 1. The number of carbonyl (C=O) groups excluding carboxylic acids is 1. The summed E-state index contributed by atoms with van der Waals surface area (Å²) in [5, 5.41) is 2.94. The molecule has 0 bridgehead atoms. The number of nitrogens with one attached hydrogen (secondary N) is 1. The fourth-order valence-electron chi connectivity index (χ4n) is 1.59. The van der Waals surface area contributed by atoms with Gasteiger partial charge in [0.1, 0.15) is 5.75 Å². The Balaban J connectivity index is 2.55. The zero-order chi connectivity index (χ0) is 12.7. The zero-order valence-electron chi connectivity index (χ0n) is 10.8. The number of hydrogen-bond acceptors (Lipinski definition) is 2. The number of methoxy groups -OCH3 is 1. The quantitative estimate of drug-likeness (QED) is 0.770. The highest BCUT2D eigenvalue weighted by molar-refractivity contribution is 5.83. The predicted octanol–water partition coefficient (Wildman–Crippen LogP) is 2.72. The lowest BCUT2D eigenvalue weighted by atomic mass is 10.0. The monoisotopic (exact) mass is 235 g/mol. The lowest BCUT2D eigenvalue weighted by molar-refractivity contribution is -0.122. The summed E-state index contributed by atoms with van der Waals surface area (Å²) in [7, 11) is 1.63. The maximum Gasteiger partial charge on any atom is 0.227 e. The molecule has 1 amide bonds. The van der Waals surface area contributed by atoms with E-state index in [4.69, 9.17) is 4.74 Å². The van der Waals surface area contributed by atoms with Crippen LogP contribution in [-0.2, 0) is 4.79 Å². The third-order valence-electron chi connectivity index (χ3n) is 2.84. The number of carbonyl (C=O) groups is 1. The molecular weight excluding hydrogens is 214 g/mol. The molecule has 0 saturated carbocycles. The molecule has 94 valence electrons. The van der Waals surface area contributed by atoms with Crippen LogP contribution in [0.4, 0.5) is 0 Å². The van der Waals surface area contributed by atoms with Gasteiger partial charge in [-0.05, 0) is 31.0 Å². The van der Waals surface area contributed by atoms with Gasteiger partial charge in [0.05, 0.1) is 13.0 Å². The van der Waals surface area contributed by atoms with Crippen molar-refractivity contribution < 1.29 is 9.53 Å². The highest BCUT2D eigenvalue weighted by Crippen LogP contribution is 2.19. The van der Waals surface area contributed by atoms with Gasteiger partial charge in [-0.15, -0.1) is 0 Å². The minimum Gasteiger partial charge on any atom is -0.497 e. The van der Waals surface area contributed by atoms with Crippen molar-refractivity contribution in [1.82, 2.24) is 5.32 Å². The van der Waals surface area contributed by atoms with Gasteiger partial charge in [0.15, 0.2) is 0 Å². The van der Waals surface area contributed by atoms with E-state index in [1.165, 1.54) is 0 Å². The van der Waals surface area contributed by atoms with Crippen molar-refractivity contribution in [2.75, 3.05) is 13.7 Å². The summed E-state index contributed by atoms with van der Waals surface area (Å²) in [6.07, 6.45) is 2.12. The first kappa shape index (κ1) is 13.6. The van der Waals surface area contributed by atoms with Crippen LogP contribution in [0.3, 0.4) is 0 Å². The first-order valence-corrected chi connectivity index (χ1v) is 6.10. The number of unbranched alkanes of at least 4 members (excludes halogenated alkanes) is 1. The Hall–Kier alpha value is -1.51. The smallest absolute Gasteiger partial charge is 0.227 e. The Kier molecular flexibility index (Phi) is 5.53. The Morgan fingerprint density at radius 1 is 1.35 bits per heavy atom. The topological polar surface area (TPSA) is 38.3 Å². The molecule has 0 aromatic heterocycles. The molecular formula is C14H21NO2. The number of ether oxygens (including phenoxy) is 1. The van der Waals surface area contributed by atoms with Crippen molar-refractivity contribution in [3.63, 3.8) is 0 Å². The van der Waals surface area contributed by atoms with Crippen molar-refractivity contribution in [2.24, 2.45) is 0 Å². The van der Waals surface area contributed by atoms with Crippen LogP contribution in [0.1, 0.15) is 38.2 Å². The van der Waals surface area contributed by atoms with Crippen molar-refractivity contribution in [3.8, 4) is 5.75 Å². The Labute approximate surface area is 103 Å². The predicted molar refractivity (Wildman–Crippen MR) is 69.3 cm³/mol. The van der Waals surface area contributed by atoms with E-state index in [9.17, 15) is 4.79 Å². The molecule has 17 heavy (non-hydrogen) atoms. The molecule has 3 nitrogen and oxygen atoms in total. The highest BCUT2D eigenvalue weighted by atomic mass is 16.5. The van der Waals surface area contributed by atoms with Crippen LogP contribution in [0, 0.1) is 0 Å². The first-order valence-electron chi connectivity index (χ1n) is 6.10. The van der Waals surface area contributed by atoms with E-state index >= 15 is 0 Å². The maximum absolute atomic E-state index is 11.8. The van der Waals surface area contributed by atoms with Gasteiger partial charge in [-0.25, -0.2) is 0 Å². The van der Waals surface area contributed by atoms with Crippen LogP contribution < -0.4 is 10.1 Å². The Bertz CT molecular complexity index is 346. The molecule has 0 fully saturated rings. The van der Waals surface area contributed by atoms with Crippen LogP contribution in [0.5, 0.6) is 5.75 Å². The van der Waals surface area contributed by atoms with Gasteiger partial charge in [0.25, 0.3) is 0 Å². The molecule has 1 aromatic carbocycles. The van der Waals surface area contributed by atoms with E-state index in [-0.39, 0.29) is 11.8 Å². The summed E-state index contributed by atoms with van der Waals surface area (Å²) < 4.78 is 5.09. The first-order chi connectivity index (χ1) is 8.19. The summed E-state index contributed by atoms with van der Waals surface area (Å²) in [6, 6.07) is 7.63. The molecule has 0 aliphatic rings. The van der Waals surface area contributed by atoms with Crippen LogP contribution in [-0.4, -0.2) is 19.6 Å². The Morgan fingerprint density at radius 3 is 2.53 bits per heavy atom. The van der Waals surface area contributed by atoms with Gasteiger partial charge in [-0.1, -0.05) is 25.5 Å². The SMILES string of the molecule is CCCCNC(=O)C(C)c1ccc(OC)cc1. The molecule has 1 unspecified atom stereocenters. The third-order valence-corrected chi connectivity index (χ3v) is 2.84. The van der Waals surface area contributed by atoms with Crippen LogP contribution >= 0.6 is 0 Å². The van der Waals surface area contributed by atoms with Gasteiger partial charge >= 0.3 is 0 Å². The van der Waals surface area contributed by atoms with Crippen LogP contribution in [0.25, 0.3) is 0 Å². The number of rotatable bonds is 6. The van der Waals surface area contributed by atoms with Crippen molar-refractivity contribution in [1.29, 1.82) is 0 Å². The second kappa shape index (κ2) is 6.94. The third kappa shape index (κ3) is 4.10. The van der Waals surface area contributed by atoms with E-state index in [1.807, 2.05) is 31.2 Å². The molecule has 0 aliphatic carbocycles. The van der Waals surface area contributed by atoms with Crippen molar-refractivity contribution in [2.45, 2.75) is 32.6 Å². The summed E-state index contributed by atoms with van der Waals surface area (Å²) in [5.41, 5.74) is 1.01. The van der Waals surface area contributed by atoms with Crippen molar-refractivity contribution in [3.05, 3.63) is 29.8 Å². The largest absolute Gasteiger partial charge is 0.497 e. The molecule has 0 spiro atoms. The summed E-state index contributed by atoms with van der Waals surface area (Å²) >= 11 is 0. The van der Waals surface area contributed by atoms with Gasteiger partial charge in [0, 0.05) is 6.54 Å². The zero-order valence-corrected chi connectivity index (χ0v) is 10.8. The van der Waals surface area contributed by atoms with Crippen LogP contribution in [0.15, 0.2) is 24.3 Å². The summed E-state index contributed by atoms with van der Waals surface area (Å²) in [4.78, 5) is 11.8. The van der Waals surface area contributed by atoms with E-state index in [0.29, 0.717) is 0 Å². The summed E-state index contributed by atoms with van der Waals surface area (Å²) in [6.45, 7) is 4.79. The normalized spacial score (nSPS) is 11.9. The molecule has 1 rings (SSSR count). The molecule has 0 heterocycles. The summed E-state index contributed by atoms with van der Waals surface area (Å²) in [5.74, 6) is 0.786. The molecule has 1 aromatic rings. The molecule has 0 aliphatic heterocycles. The molecule has 1 N–H and O–H groups in total. The fourth-order valence-corrected chi connectivity index (χ4v) is 1.59. The van der Waals surface area contributed by atoms with Crippen molar-refractivity contribution >= 4 is 5.91 Å². The second-order valence-electron chi connectivity index (χ2n) is 4.14. The lowest BCUT2D eigenvalue weighted by Crippen LogP contribution is -2.28. The molecule has 0 saturated heterocycles. The minimum atomic E-state index is -0.113. The average Bonchev–Trinajstić information content (AvgIpc) is 2.38. The highest BCUT2D eigenvalue weighted by Gasteiger charge is 2.14. The number of amides is 1. The maximum atomic E-state index is 11.8. The van der Waals surface area contributed by atoms with Gasteiger partial charge in [-0.2, -0.15) is 0 Å². The van der Waals surface area contributed by atoms with E-state index < -0.39 is 0 Å². The number of benzene rings is 1. The molecule has 3 heteroatoms. The standard InChI is InChI=1S/C14H21NO2/c1-4-5-10-15-14(16)11(2)12-6-8-13(17-3)9-7-12/h6-9,11H,4-5,10H2,1-3H3,(H,15,16). The Morgan fingerprint density at radius 2 is 2.00 bits per heavy atom. The van der Waals surface area contributed by atoms with Gasteiger partial charge < -0.3 is 10.1 Å². The fraction of sp³-hybridized carbons (Fsp3) is 0.500. The molecule has 0 radical (unpaired) electrons. The van der Waals surface area contributed by atoms with E-state index in [0.717, 1.165) is 30.7 Å². The van der Waals surface area contributed by atoms with Gasteiger partial charge in [-0.3, -0.25) is 4.79 Å². The minimum absolute atomic E-state index is 0.0867. The van der Waals surface area contributed by atoms with E-state index in [2.05, 4.69) is 12.2 Å². The van der Waals surface area contributed by atoms with E-state index in [1.54, 1.807) is 7.11 Å². The van der Waals surface area contributed by atoms with Crippen LogP contribution in [0.2, 0.25) is 0 Å². The second-order valence-corrected chi connectivity index (χ2v) is 4.14. The lowest BCUT2D eigenvalue weighted by Gasteiger charge is -2.12. The van der Waals surface area contributed by atoms with Gasteiger partial charge in [0.2, 0.25) is 5.91 Å².